The number of benzene rings is 1. The Morgan fingerprint density at radius 2 is 1.83 bits per heavy atom. The smallest absolute Gasteiger partial charge is 0.411 e. The molecule has 0 aromatic heterocycles. The van der Waals surface area contributed by atoms with Crippen LogP contribution >= 0.6 is 0 Å². The van der Waals surface area contributed by atoms with Gasteiger partial charge in [0.25, 0.3) is 0 Å². The van der Waals surface area contributed by atoms with Crippen LogP contribution in [-0.4, -0.2) is 29.5 Å². The minimum absolute atomic E-state index is 0.439. The van der Waals surface area contributed by atoms with Gasteiger partial charge in [-0.05, 0) is 70.9 Å². The van der Waals surface area contributed by atoms with E-state index in [1.54, 1.807) is 56.9 Å². The number of amides is 2. The molecule has 154 valence electrons. The third kappa shape index (κ3) is 9.96. The number of nitrogens with zero attached hydrogens (tertiary/aromatic N) is 2. The van der Waals surface area contributed by atoms with Crippen molar-refractivity contribution in [2.75, 3.05) is 6.54 Å². The molecular weight excluding hydrogens is 366 g/mol. The van der Waals surface area contributed by atoms with Crippen LogP contribution in [0.4, 0.5) is 4.79 Å². The summed E-state index contributed by atoms with van der Waals surface area (Å²) in [4.78, 5) is 24.7. The van der Waals surface area contributed by atoms with Crippen molar-refractivity contribution in [3.63, 3.8) is 0 Å². The van der Waals surface area contributed by atoms with Gasteiger partial charge in [-0.25, -0.2) is 4.79 Å². The third-order valence-corrected chi connectivity index (χ3v) is 3.76. The number of allylic oxidation sites excluding steroid dienone is 5. The SMILES string of the molecule is C/C(=C/C=C(\C)NC(=O)OC(C)(C)C)N(C=O)C/C=C/Cc1ccc(C#N)cc1. The molecule has 0 aliphatic carbocycles. The van der Waals surface area contributed by atoms with Gasteiger partial charge in [-0.2, -0.15) is 5.26 Å². The molecule has 0 spiro atoms. The van der Waals surface area contributed by atoms with Crippen molar-refractivity contribution in [2.45, 2.75) is 46.6 Å². The Morgan fingerprint density at radius 3 is 2.38 bits per heavy atom. The summed E-state index contributed by atoms with van der Waals surface area (Å²) in [6.07, 6.45) is 8.35. The fraction of sp³-hybridized carbons (Fsp3) is 0.348. The summed E-state index contributed by atoms with van der Waals surface area (Å²) in [7, 11) is 0. The molecule has 0 aliphatic rings. The van der Waals surface area contributed by atoms with Gasteiger partial charge in [0.1, 0.15) is 5.60 Å². The van der Waals surface area contributed by atoms with Crippen molar-refractivity contribution in [1.29, 1.82) is 5.26 Å². The van der Waals surface area contributed by atoms with E-state index in [1.165, 1.54) is 0 Å². The van der Waals surface area contributed by atoms with Crippen molar-refractivity contribution in [3.05, 3.63) is 71.1 Å². The second-order valence-corrected chi connectivity index (χ2v) is 7.53. The van der Waals surface area contributed by atoms with Crippen LogP contribution in [0.3, 0.4) is 0 Å². The normalized spacial score (nSPS) is 12.4. The van der Waals surface area contributed by atoms with Gasteiger partial charge in [0.2, 0.25) is 6.41 Å². The molecule has 0 aliphatic heterocycles. The van der Waals surface area contributed by atoms with E-state index in [2.05, 4.69) is 11.4 Å². The summed E-state index contributed by atoms with van der Waals surface area (Å²) < 4.78 is 5.20. The summed E-state index contributed by atoms with van der Waals surface area (Å²) in [5.41, 5.74) is 2.52. The van der Waals surface area contributed by atoms with Crippen LogP contribution in [0, 0.1) is 11.3 Å². The second-order valence-electron chi connectivity index (χ2n) is 7.53. The molecule has 1 aromatic rings. The molecule has 0 fully saturated rings. The van der Waals surface area contributed by atoms with Gasteiger partial charge in [0.05, 0.1) is 11.6 Å². The van der Waals surface area contributed by atoms with E-state index in [9.17, 15) is 9.59 Å². The molecule has 6 heteroatoms. The van der Waals surface area contributed by atoms with Crippen molar-refractivity contribution in [2.24, 2.45) is 0 Å². The molecule has 0 bridgehead atoms. The zero-order valence-corrected chi connectivity index (χ0v) is 17.7. The monoisotopic (exact) mass is 395 g/mol. The number of hydrogen-bond acceptors (Lipinski definition) is 4. The summed E-state index contributed by atoms with van der Waals surface area (Å²) in [6.45, 7) is 9.40. The van der Waals surface area contributed by atoms with Gasteiger partial charge in [0, 0.05) is 17.9 Å². The van der Waals surface area contributed by atoms with Crippen molar-refractivity contribution < 1.29 is 14.3 Å². The van der Waals surface area contributed by atoms with Gasteiger partial charge in [-0.3, -0.25) is 10.1 Å². The molecule has 0 unspecified atom stereocenters. The lowest BCUT2D eigenvalue weighted by atomic mass is 10.1. The Kier molecular flexibility index (Phi) is 9.40. The summed E-state index contributed by atoms with van der Waals surface area (Å²) >= 11 is 0. The largest absolute Gasteiger partial charge is 0.444 e. The quantitative estimate of drug-likeness (QED) is 0.400. The average molecular weight is 396 g/mol. The number of nitrogens with one attached hydrogen (secondary N) is 1. The number of carbonyl (C=O) groups is 2. The van der Waals surface area contributed by atoms with Crippen LogP contribution in [0.5, 0.6) is 0 Å². The highest BCUT2D eigenvalue weighted by molar-refractivity contribution is 5.69. The molecular formula is C23H29N3O3. The van der Waals surface area contributed by atoms with E-state index in [1.807, 2.05) is 31.2 Å². The molecule has 29 heavy (non-hydrogen) atoms. The summed E-state index contributed by atoms with van der Waals surface area (Å²) in [5, 5.41) is 11.5. The second kappa shape index (κ2) is 11.5. The zero-order valence-electron chi connectivity index (χ0n) is 17.7. The molecule has 2 amide bonds. The van der Waals surface area contributed by atoms with Crippen molar-refractivity contribution in [1.82, 2.24) is 10.2 Å². The first kappa shape index (κ1) is 23.7. The minimum Gasteiger partial charge on any atom is -0.444 e. The van der Waals surface area contributed by atoms with Crippen LogP contribution in [0.15, 0.2) is 60.0 Å². The molecule has 6 nitrogen and oxygen atoms in total. The van der Waals surface area contributed by atoms with Crippen LogP contribution in [0.25, 0.3) is 0 Å². The van der Waals surface area contributed by atoms with Gasteiger partial charge in [-0.1, -0.05) is 24.3 Å². The van der Waals surface area contributed by atoms with Crippen molar-refractivity contribution in [3.8, 4) is 6.07 Å². The van der Waals surface area contributed by atoms with Gasteiger partial charge in [0.15, 0.2) is 0 Å². The number of hydrogen-bond donors (Lipinski definition) is 1. The molecule has 0 heterocycles. The molecule has 0 atom stereocenters. The number of nitriles is 1. The zero-order chi connectivity index (χ0) is 21.9. The van der Waals surface area contributed by atoms with Crippen molar-refractivity contribution >= 4 is 12.5 Å². The predicted molar refractivity (Wildman–Crippen MR) is 114 cm³/mol. The van der Waals surface area contributed by atoms with Crippen LogP contribution in [0.2, 0.25) is 0 Å². The maximum Gasteiger partial charge on any atom is 0.411 e. The molecule has 0 saturated carbocycles. The Hall–Kier alpha value is -3.33. The first-order valence-corrected chi connectivity index (χ1v) is 9.36. The molecule has 1 aromatic carbocycles. The van der Waals surface area contributed by atoms with Gasteiger partial charge >= 0.3 is 6.09 Å². The van der Waals surface area contributed by atoms with E-state index in [0.29, 0.717) is 17.8 Å². The topological polar surface area (TPSA) is 82.4 Å². The first-order valence-electron chi connectivity index (χ1n) is 9.36. The molecule has 0 radical (unpaired) electrons. The molecule has 0 saturated heterocycles. The predicted octanol–water partition coefficient (Wildman–Crippen LogP) is 4.45. The molecule has 1 rings (SSSR count). The van der Waals surface area contributed by atoms with Crippen LogP contribution < -0.4 is 5.32 Å². The van der Waals surface area contributed by atoms with E-state index in [0.717, 1.165) is 24.1 Å². The van der Waals surface area contributed by atoms with Gasteiger partial charge in [-0.15, -0.1) is 0 Å². The average Bonchev–Trinajstić information content (AvgIpc) is 2.65. The highest BCUT2D eigenvalue weighted by Crippen LogP contribution is 2.08. The lowest BCUT2D eigenvalue weighted by Gasteiger charge is -2.19. The summed E-state index contributed by atoms with van der Waals surface area (Å²) in [6, 6.07) is 9.49. The highest BCUT2D eigenvalue weighted by atomic mass is 16.6. The lowest BCUT2D eigenvalue weighted by Crippen LogP contribution is -2.31. The lowest BCUT2D eigenvalue weighted by molar-refractivity contribution is -0.116. The first-order chi connectivity index (χ1) is 13.6. The number of alkyl carbamates (subject to hydrolysis) is 1. The molecule has 1 N–H and O–H groups in total. The fourth-order valence-corrected chi connectivity index (χ4v) is 2.24. The number of ether oxygens (including phenoxy) is 1. The third-order valence-electron chi connectivity index (χ3n) is 3.76. The Morgan fingerprint density at radius 1 is 1.17 bits per heavy atom. The standard InChI is InChI=1S/C23H29N3O3/c1-18(25-22(28)29-23(3,4)5)9-10-19(2)26(17-27)15-7-6-8-20-11-13-21(16-24)14-12-20/h6-7,9-14,17H,8,15H2,1-5H3,(H,25,28)/b7-6+,18-9+,19-10-. The minimum atomic E-state index is -0.561. The van der Waals surface area contributed by atoms with Gasteiger partial charge < -0.3 is 9.64 Å². The Bertz CT molecular complexity index is 822. The summed E-state index contributed by atoms with van der Waals surface area (Å²) in [5.74, 6) is 0. The van der Waals surface area contributed by atoms with E-state index in [4.69, 9.17) is 10.00 Å². The Balaban J connectivity index is 2.58. The maximum atomic E-state index is 11.7. The fourth-order valence-electron chi connectivity index (χ4n) is 2.24. The Labute approximate surface area is 173 Å². The van der Waals surface area contributed by atoms with Crippen LogP contribution in [0.1, 0.15) is 45.7 Å². The van der Waals surface area contributed by atoms with E-state index < -0.39 is 11.7 Å². The number of rotatable bonds is 8. The maximum absolute atomic E-state index is 11.7. The van der Waals surface area contributed by atoms with Crippen LogP contribution in [-0.2, 0) is 16.0 Å². The van der Waals surface area contributed by atoms with E-state index >= 15 is 0 Å². The van der Waals surface area contributed by atoms with E-state index in [-0.39, 0.29) is 0 Å². The highest BCUT2D eigenvalue weighted by Gasteiger charge is 2.15. The number of carbonyl (C=O) groups excluding carboxylic acids is 2.